The van der Waals surface area contributed by atoms with E-state index in [0.29, 0.717) is 68.5 Å². The Kier molecular flexibility index (Phi) is 8.35. The third-order valence-corrected chi connectivity index (χ3v) is 7.84. The number of likely N-dealkylation sites (tertiary alicyclic amines) is 1. The summed E-state index contributed by atoms with van der Waals surface area (Å²) < 4.78 is 45.9. The lowest BCUT2D eigenvalue weighted by molar-refractivity contribution is -0.138. The molecule has 3 N–H and O–H groups in total. The van der Waals surface area contributed by atoms with Crippen molar-refractivity contribution in [2.75, 3.05) is 43.9 Å². The second kappa shape index (κ2) is 12.0. The second-order valence-electron chi connectivity index (χ2n) is 10.5. The number of fused-ring (bicyclic) bond motifs is 1. The molecule has 9 nitrogen and oxygen atoms in total. The molecule has 0 spiro atoms. The van der Waals surface area contributed by atoms with Crippen molar-refractivity contribution in [2.45, 2.75) is 44.0 Å². The van der Waals surface area contributed by atoms with Gasteiger partial charge in [0.05, 0.1) is 11.2 Å². The van der Waals surface area contributed by atoms with Crippen LogP contribution in [0.25, 0.3) is 11.4 Å². The number of rotatable bonds is 8. The molecule has 2 aliphatic heterocycles. The van der Waals surface area contributed by atoms with E-state index >= 15 is 0 Å². The minimum atomic E-state index is -4.45. The van der Waals surface area contributed by atoms with E-state index < -0.39 is 23.4 Å². The van der Waals surface area contributed by atoms with Gasteiger partial charge in [-0.25, -0.2) is 9.97 Å². The van der Waals surface area contributed by atoms with Crippen LogP contribution in [0.15, 0.2) is 54.6 Å². The van der Waals surface area contributed by atoms with Gasteiger partial charge in [0.15, 0.2) is 5.82 Å². The van der Waals surface area contributed by atoms with Crippen molar-refractivity contribution in [2.24, 2.45) is 0 Å². The van der Waals surface area contributed by atoms with Crippen LogP contribution >= 0.6 is 0 Å². The average Bonchev–Trinajstić information content (AvgIpc) is 3.43. The summed E-state index contributed by atoms with van der Waals surface area (Å²) in [4.78, 5) is 36.1. The van der Waals surface area contributed by atoms with E-state index in [2.05, 4.69) is 16.0 Å². The number of halogens is 3. The zero-order valence-electron chi connectivity index (χ0n) is 23.4. The van der Waals surface area contributed by atoms with Crippen molar-refractivity contribution in [1.29, 1.82) is 0 Å². The highest BCUT2D eigenvalue weighted by Crippen LogP contribution is 2.40. The molecule has 12 heteroatoms. The molecule has 1 fully saturated rings. The van der Waals surface area contributed by atoms with Crippen molar-refractivity contribution in [3.05, 3.63) is 71.3 Å². The van der Waals surface area contributed by atoms with Crippen LogP contribution in [0.3, 0.4) is 0 Å². The highest BCUT2D eigenvalue weighted by atomic mass is 19.4. The number of anilines is 2. The van der Waals surface area contributed by atoms with Crippen molar-refractivity contribution in [1.82, 2.24) is 20.2 Å². The number of carbonyl (C=O) groups is 2. The molecule has 1 saturated heterocycles. The van der Waals surface area contributed by atoms with Crippen molar-refractivity contribution in [3.63, 3.8) is 0 Å². The maximum Gasteiger partial charge on any atom is 0.416 e. The molecule has 0 radical (unpaired) electrons. The van der Waals surface area contributed by atoms with E-state index in [1.807, 2.05) is 30.3 Å². The smallest absolute Gasteiger partial charge is 0.373 e. The normalized spacial score (nSPS) is 17.7. The number of nitrogens with one attached hydrogen (secondary N) is 3. The van der Waals surface area contributed by atoms with Gasteiger partial charge in [-0.3, -0.25) is 9.59 Å². The average molecular weight is 583 g/mol. The number of nitrogens with zero attached hydrogens (tertiary/aromatic N) is 3. The van der Waals surface area contributed by atoms with Crippen molar-refractivity contribution < 1.29 is 27.5 Å². The molecule has 42 heavy (non-hydrogen) atoms. The number of amides is 2. The number of hydrogen-bond donors (Lipinski definition) is 3. The molecule has 2 amide bonds. The summed E-state index contributed by atoms with van der Waals surface area (Å²) in [6.45, 7) is 2.97. The summed E-state index contributed by atoms with van der Waals surface area (Å²) >= 11 is 0. The van der Waals surface area contributed by atoms with Crippen LogP contribution in [0.5, 0.6) is 0 Å². The lowest BCUT2D eigenvalue weighted by Gasteiger charge is -2.42. The van der Waals surface area contributed by atoms with Gasteiger partial charge in [0, 0.05) is 57.8 Å². The van der Waals surface area contributed by atoms with Crippen LogP contribution in [0.2, 0.25) is 0 Å². The third-order valence-electron chi connectivity index (χ3n) is 7.84. The van der Waals surface area contributed by atoms with Gasteiger partial charge in [-0.15, -0.1) is 0 Å². The Balaban J connectivity index is 1.31. The summed E-state index contributed by atoms with van der Waals surface area (Å²) in [5, 5.41) is 9.29. The van der Waals surface area contributed by atoms with Crippen molar-refractivity contribution in [3.8, 4) is 11.4 Å². The van der Waals surface area contributed by atoms with Gasteiger partial charge < -0.3 is 25.6 Å². The van der Waals surface area contributed by atoms with Crippen molar-refractivity contribution >= 4 is 23.5 Å². The number of methoxy groups -OCH3 is 1. The highest BCUT2D eigenvalue weighted by molar-refractivity contribution is 5.88. The molecule has 5 rings (SSSR count). The van der Waals surface area contributed by atoms with Crippen LogP contribution in [0.1, 0.15) is 36.5 Å². The van der Waals surface area contributed by atoms with E-state index in [1.54, 1.807) is 11.0 Å². The Morgan fingerprint density at radius 1 is 1.07 bits per heavy atom. The summed E-state index contributed by atoms with van der Waals surface area (Å²) in [7, 11) is 1.50. The summed E-state index contributed by atoms with van der Waals surface area (Å²) in [6, 6.07) is 14.2. The quantitative estimate of drug-likeness (QED) is 0.342. The number of aromatic nitrogens is 2. The lowest BCUT2D eigenvalue weighted by Crippen LogP contribution is -2.50. The van der Waals surface area contributed by atoms with E-state index in [4.69, 9.17) is 14.7 Å². The minimum Gasteiger partial charge on any atom is -0.373 e. The summed E-state index contributed by atoms with van der Waals surface area (Å²) in [6.07, 6.45) is -3.36. The standard InChI is InChI=1S/C30H33F3N6O3/c1-19(40)34-13-14-35-26-23-18-24(36-27(23)38-25(37-26)20-7-4-3-5-8-20)28(41)39-15-11-29(42-2,12-16-39)21-9-6-10-22(17-21)30(31,32)33/h3-10,17,24H,11-16,18H2,1-2H3,(H,34,40)(H2,35,36,37,38). The van der Waals surface area contributed by atoms with Crippen LogP contribution in [0.4, 0.5) is 24.8 Å². The van der Waals surface area contributed by atoms with E-state index in [-0.39, 0.29) is 11.8 Å². The predicted octanol–water partition coefficient (Wildman–Crippen LogP) is 4.21. The van der Waals surface area contributed by atoms with Gasteiger partial charge >= 0.3 is 6.18 Å². The van der Waals surface area contributed by atoms with Crippen LogP contribution < -0.4 is 16.0 Å². The van der Waals surface area contributed by atoms with E-state index in [9.17, 15) is 22.8 Å². The lowest BCUT2D eigenvalue weighted by atomic mass is 9.83. The summed E-state index contributed by atoms with van der Waals surface area (Å²) in [5.74, 6) is 1.41. The molecule has 1 unspecified atom stereocenters. The molecule has 1 atom stereocenters. The maximum atomic E-state index is 13.6. The van der Waals surface area contributed by atoms with Gasteiger partial charge in [-0.1, -0.05) is 42.5 Å². The minimum absolute atomic E-state index is 0.118. The zero-order chi connectivity index (χ0) is 29.9. The van der Waals surface area contributed by atoms with Gasteiger partial charge in [0.25, 0.3) is 0 Å². The molecule has 0 saturated carbocycles. The van der Waals surface area contributed by atoms with Crippen LogP contribution in [0, 0.1) is 0 Å². The SMILES string of the molecule is COC1(c2cccc(C(F)(F)F)c2)CCN(C(=O)C2Cc3c(NCCNC(C)=O)nc(-c4ccccc4)nc3N2)CC1. The molecule has 0 aliphatic carbocycles. The van der Waals surface area contributed by atoms with Gasteiger partial charge in [0.1, 0.15) is 17.7 Å². The molecule has 3 heterocycles. The summed E-state index contributed by atoms with van der Waals surface area (Å²) in [5.41, 5.74) is 0.425. The van der Waals surface area contributed by atoms with Crippen LogP contribution in [-0.2, 0) is 32.5 Å². The molecule has 222 valence electrons. The molecular weight excluding hydrogens is 549 g/mol. The first-order valence-electron chi connectivity index (χ1n) is 13.8. The van der Waals surface area contributed by atoms with Gasteiger partial charge in [0.2, 0.25) is 11.8 Å². The Labute approximate surface area is 241 Å². The third kappa shape index (κ3) is 6.18. The van der Waals surface area contributed by atoms with Gasteiger partial charge in [-0.05, 0) is 30.5 Å². The zero-order valence-corrected chi connectivity index (χ0v) is 23.4. The Morgan fingerprint density at radius 3 is 2.48 bits per heavy atom. The largest absolute Gasteiger partial charge is 0.416 e. The monoisotopic (exact) mass is 582 g/mol. The fourth-order valence-corrected chi connectivity index (χ4v) is 5.55. The van der Waals surface area contributed by atoms with E-state index in [1.165, 1.54) is 20.1 Å². The Hall–Kier alpha value is -4.19. The Bertz CT molecular complexity index is 1440. The number of ether oxygens (including phenoxy) is 1. The predicted molar refractivity (Wildman–Crippen MR) is 152 cm³/mol. The second-order valence-corrected chi connectivity index (χ2v) is 10.5. The first-order chi connectivity index (χ1) is 20.1. The number of carbonyl (C=O) groups excluding carboxylic acids is 2. The molecule has 2 aromatic carbocycles. The maximum absolute atomic E-state index is 13.6. The first-order valence-corrected chi connectivity index (χ1v) is 13.8. The number of alkyl halides is 3. The number of hydrogen-bond acceptors (Lipinski definition) is 7. The number of benzene rings is 2. The van der Waals surface area contributed by atoms with Gasteiger partial charge in [-0.2, -0.15) is 13.2 Å². The van der Waals surface area contributed by atoms with Crippen LogP contribution in [-0.4, -0.2) is 66.0 Å². The molecule has 2 aliphatic rings. The molecule has 1 aromatic heterocycles. The molecular formula is C30H33F3N6O3. The first kappa shape index (κ1) is 29.3. The molecule has 0 bridgehead atoms. The number of piperidine rings is 1. The topological polar surface area (TPSA) is 108 Å². The fraction of sp³-hybridized carbons (Fsp3) is 0.400. The molecule has 3 aromatic rings. The highest BCUT2D eigenvalue weighted by Gasteiger charge is 2.42. The van der Waals surface area contributed by atoms with E-state index in [0.717, 1.165) is 23.3 Å². The Morgan fingerprint density at radius 2 is 1.81 bits per heavy atom. The fourth-order valence-electron chi connectivity index (χ4n) is 5.55.